The lowest BCUT2D eigenvalue weighted by atomic mass is 10.0. The summed E-state index contributed by atoms with van der Waals surface area (Å²) in [5.74, 6) is 0.803. The summed E-state index contributed by atoms with van der Waals surface area (Å²) in [4.78, 5) is 16.1. The van der Waals surface area contributed by atoms with Crippen LogP contribution in [0.3, 0.4) is 0 Å². The maximum Gasteiger partial charge on any atom is 0.167 e. The highest BCUT2D eigenvalue weighted by Crippen LogP contribution is 2.21. The standard InChI is InChI=1S/C15H14ClNO2/c1-10-7-12(3-4-15(10)19-2)14(18)8-11-5-6-17-9-13(11)16/h3-7,9H,8H2,1-2H3. The Kier molecular flexibility index (Phi) is 4.17. The number of halogens is 1. The van der Waals surface area contributed by atoms with Crippen molar-refractivity contribution in [2.45, 2.75) is 13.3 Å². The number of pyridine rings is 1. The summed E-state index contributed by atoms with van der Waals surface area (Å²) in [5.41, 5.74) is 2.38. The van der Waals surface area contributed by atoms with Crippen LogP contribution in [0.15, 0.2) is 36.7 Å². The highest BCUT2D eigenvalue weighted by atomic mass is 35.5. The van der Waals surface area contributed by atoms with Gasteiger partial charge < -0.3 is 4.74 Å². The fourth-order valence-electron chi connectivity index (χ4n) is 1.87. The molecule has 0 aliphatic carbocycles. The van der Waals surface area contributed by atoms with E-state index in [0.717, 1.165) is 16.9 Å². The molecule has 0 aliphatic rings. The quantitative estimate of drug-likeness (QED) is 0.802. The van der Waals surface area contributed by atoms with Crippen molar-refractivity contribution in [3.63, 3.8) is 0 Å². The monoisotopic (exact) mass is 275 g/mol. The van der Waals surface area contributed by atoms with E-state index >= 15 is 0 Å². The van der Waals surface area contributed by atoms with Crippen LogP contribution < -0.4 is 4.74 Å². The first-order valence-corrected chi connectivity index (χ1v) is 6.26. The Morgan fingerprint density at radius 3 is 2.79 bits per heavy atom. The van der Waals surface area contributed by atoms with Crippen LogP contribution in [0.1, 0.15) is 21.5 Å². The van der Waals surface area contributed by atoms with Crippen molar-refractivity contribution in [1.29, 1.82) is 0 Å². The zero-order chi connectivity index (χ0) is 13.8. The Bertz CT molecular complexity index is 611. The zero-order valence-corrected chi connectivity index (χ0v) is 11.6. The van der Waals surface area contributed by atoms with E-state index in [1.807, 2.05) is 13.0 Å². The Morgan fingerprint density at radius 1 is 1.37 bits per heavy atom. The maximum atomic E-state index is 12.2. The van der Waals surface area contributed by atoms with Gasteiger partial charge in [-0.25, -0.2) is 0 Å². The van der Waals surface area contributed by atoms with E-state index in [2.05, 4.69) is 4.98 Å². The van der Waals surface area contributed by atoms with E-state index in [1.54, 1.807) is 37.7 Å². The Hall–Kier alpha value is -1.87. The molecule has 19 heavy (non-hydrogen) atoms. The first kappa shape index (κ1) is 13.6. The molecule has 0 spiro atoms. The number of Topliss-reactive ketones (excluding diaryl/α,β-unsaturated/α-hetero) is 1. The van der Waals surface area contributed by atoms with Crippen LogP contribution in [0.2, 0.25) is 5.02 Å². The molecule has 0 unspecified atom stereocenters. The molecule has 98 valence electrons. The van der Waals surface area contributed by atoms with Crippen molar-refractivity contribution in [3.8, 4) is 5.75 Å². The van der Waals surface area contributed by atoms with E-state index in [-0.39, 0.29) is 12.2 Å². The van der Waals surface area contributed by atoms with Gasteiger partial charge in [0.1, 0.15) is 5.75 Å². The largest absolute Gasteiger partial charge is 0.496 e. The predicted octanol–water partition coefficient (Wildman–Crippen LogP) is 3.48. The average molecular weight is 276 g/mol. The minimum absolute atomic E-state index is 0.0267. The second-order valence-corrected chi connectivity index (χ2v) is 4.66. The van der Waals surface area contributed by atoms with E-state index in [9.17, 15) is 4.79 Å². The molecule has 0 saturated heterocycles. The molecule has 0 N–H and O–H groups in total. The summed E-state index contributed by atoms with van der Waals surface area (Å²) in [5, 5.41) is 0.515. The number of hydrogen-bond acceptors (Lipinski definition) is 3. The van der Waals surface area contributed by atoms with Gasteiger partial charge in [-0.3, -0.25) is 9.78 Å². The lowest BCUT2D eigenvalue weighted by Crippen LogP contribution is -2.05. The minimum atomic E-state index is 0.0267. The van der Waals surface area contributed by atoms with Crippen LogP contribution >= 0.6 is 11.6 Å². The van der Waals surface area contributed by atoms with E-state index in [1.165, 1.54) is 0 Å². The highest BCUT2D eigenvalue weighted by molar-refractivity contribution is 6.31. The molecule has 2 rings (SSSR count). The first-order valence-electron chi connectivity index (χ1n) is 5.88. The third-order valence-corrected chi connectivity index (χ3v) is 3.26. The number of nitrogens with zero attached hydrogens (tertiary/aromatic N) is 1. The molecule has 2 aromatic rings. The number of ether oxygens (including phenoxy) is 1. The number of carbonyl (C=O) groups is 1. The van der Waals surface area contributed by atoms with Crippen molar-refractivity contribution in [2.24, 2.45) is 0 Å². The second kappa shape index (κ2) is 5.85. The molecule has 0 aliphatic heterocycles. The number of methoxy groups -OCH3 is 1. The van der Waals surface area contributed by atoms with Gasteiger partial charge in [-0.05, 0) is 42.3 Å². The van der Waals surface area contributed by atoms with Gasteiger partial charge in [0.25, 0.3) is 0 Å². The molecule has 0 atom stereocenters. The molecule has 0 radical (unpaired) electrons. The summed E-state index contributed by atoms with van der Waals surface area (Å²) >= 11 is 6.00. The van der Waals surface area contributed by atoms with Crippen LogP contribution in [-0.2, 0) is 6.42 Å². The molecule has 0 saturated carbocycles. The number of aryl methyl sites for hydroxylation is 1. The molecule has 1 heterocycles. The van der Waals surface area contributed by atoms with Crippen LogP contribution in [0.5, 0.6) is 5.75 Å². The van der Waals surface area contributed by atoms with Gasteiger partial charge in [-0.15, -0.1) is 0 Å². The molecule has 0 bridgehead atoms. The molecule has 1 aromatic heterocycles. The normalized spacial score (nSPS) is 10.3. The van der Waals surface area contributed by atoms with E-state index in [4.69, 9.17) is 16.3 Å². The van der Waals surface area contributed by atoms with Gasteiger partial charge in [0.15, 0.2) is 5.78 Å². The first-order chi connectivity index (χ1) is 9.11. The summed E-state index contributed by atoms with van der Waals surface area (Å²) in [6.45, 7) is 1.91. The molecule has 3 nitrogen and oxygen atoms in total. The van der Waals surface area contributed by atoms with Crippen molar-refractivity contribution in [1.82, 2.24) is 4.98 Å². The Morgan fingerprint density at radius 2 is 2.16 bits per heavy atom. The number of carbonyl (C=O) groups excluding carboxylic acids is 1. The molecule has 1 aromatic carbocycles. The predicted molar refractivity (Wildman–Crippen MR) is 75.0 cm³/mol. The Balaban J connectivity index is 2.21. The molecule has 0 fully saturated rings. The van der Waals surface area contributed by atoms with Crippen molar-refractivity contribution in [2.75, 3.05) is 7.11 Å². The summed E-state index contributed by atoms with van der Waals surface area (Å²) in [7, 11) is 1.61. The van der Waals surface area contributed by atoms with Crippen LogP contribution in [0.25, 0.3) is 0 Å². The number of benzene rings is 1. The van der Waals surface area contributed by atoms with Crippen LogP contribution in [-0.4, -0.2) is 17.9 Å². The van der Waals surface area contributed by atoms with E-state index in [0.29, 0.717) is 10.6 Å². The lowest BCUT2D eigenvalue weighted by Gasteiger charge is -2.07. The van der Waals surface area contributed by atoms with E-state index < -0.39 is 0 Å². The fraction of sp³-hybridized carbons (Fsp3) is 0.200. The summed E-state index contributed by atoms with van der Waals surface area (Å²) < 4.78 is 5.18. The summed E-state index contributed by atoms with van der Waals surface area (Å²) in [6, 6.07) is 7.16. The number of ketones is 1. The van der Waals surface area contributed by atoms with Crippen LogP contribution in [0.4, 0.5) is 0 Å². The van der Waals surface area contributed by atoms with Crippen LogP contribution in [0, 0.1) is 6.92 Å². The maximum absolute atomic E-state index is 12.2. The van der Waals surface area contributed by atoms with Gasteiger partial charge in [0, 0.05) is 24.4 Å². The zero-order valence-electron chi connectivity index (χ0n) is 10.8. The SMILES string of the molecule is COc1ccc(C(=O)Cc2ccncc2Cl)cc1C. The van der Waals surface area contributed by atoms with Gasteiger partial charge in [0.2, 0.25) is 0 Å². The Labute approximate surface area is 117 Å². The highest BCUT2D eigenvalue weighted by Gasteiger charge is 2.11. The fourth-order valence-corrected chi connectivity index (χ4v) is 2.06. The van der Waals surface area contributed by atoms with Gasteiger partial charge in [-0.2, -0.15) is 0 Å². The summed E-state index contributed by atoms with van der Waals surface area (Å²) in [6.07, 6.45) is 3.45. The van der Waals surface area contributed by atoms with Gasteiger partial charge in [0.05, 0.1) is 12.1 Å². The average Bonchev–Trinajstić information content (AvgIpc) is 2.41. The van der Waals surface area contributed by atoms with Crippen molar-refractivity contribution >= 4 is 17.4 Å². The number of aromatic nitrogens is 1. The van der Waals surface area contributed by atoms with Gasteiger partial charge in [-0.1, -0.05) is 11.6 Å². The smallest absolute Gasteiger partial charge is 0.167 e. The number of rotatable bonds is 4. The molecular formula is C15H14ClNO2. The molecule has 0 amide bonds. The third kappa shape index (κ3) is 3.12. The van der Waals surface area contributed by atoms with Crippen molar-refractivity contribution in [3.05, 3.63) is 58.4 Å². The topological polar surface area (TPSA) is 39.2 Å². The second-order valence-electron chi connectivity index (χ2n) is 4.25. The minimum Gasteiger partial charge on any atom is -0.496 e. The lowest BCUT2D eigenvalue weighted by molar-refractivity contribution is 0.0993. The molecular weight excluding hydrogens is 262 g/mol. The molecule has 4 heteroatoms. The third-order valence-electron chi connectivity index (χ3n) is 2.92. The number of hydrogen-bond donors (Lipinski definition) is 0. The van der Waals surface area contributed by atoms with Gasteiger partial charge >= 0.3 is 0 Å². The van der Waals surface area contributed by atoms with Crippen molar-refractivity contribution < 1.29 is 9.53 Å².